The Balaban J connectivity index is 1.55. The third-order valence-corrected chi connectivity index (χ3v) is 4.62. The van der Waals surface area contributed by atoms with Gasteiger partial charge in [-0.2, -0.15) is 0 Å². The zero-order valence-electron chi connectivity index (χ0n) is 12.6. The standard InChI is InChI=1S/C17H17BrClN3O/c18-15-9-14(10-20-11-15)17(23)22-7-5-21(6-8-22)12-13-1-3-16(19)4-2-13/h1-4,9-11H,5-8,12H2. The van der Waals surface area contributed by atoms with E-state index in [1.807, 2.05) is 35.2 Å². The molecular weight excluding hydrogens is 378 g/mol. The molecule has 0 bridgehead atoms. The van der Waals surface area contributed by atoms with Crippen LogP contribution in [0.25, 0.3) is 0 Å². The highest BCUT2D eigenvalue weighted by Gasteiger charge is 2.22. The average molecular weight is 395 g/mol. The van der Waals surface area contributed by atoms with Crippen LogP contribution in [0.3, 0.4) is 0 Å². The van der Waals surface area contributed by atoms with Crippen LogP contribution in [0.4, 0.5) is 0 Å². The lowest BCUT2D eigenvalue weighted by molar-refractivity contribution is 0.0628. The zero-order valence-corrected chi connectivity index (χ0v) is 14.9. The van der Waals surface area contributed by atoms with Crippen molar-refractivity contribution in [3.63, 3.8) is 0 Å². The van der Waals surface area contributed by atoms with Crippen LogP contribution < -0.4 is 0 Å². The number of rotatable bonds is 3. The first-order valence-electron chi connectivity index (χ1n) is 7.48. The molecule has 0 spiro atoms. The van der Waals surface area contributed by atoms with Gasteiger partial charge in [0.05, 0.1) is 5.56 Å². The highest BCUT2D eigenvalue weighted by atomic mass is 79.9. The summed E-state index contributed by atoms with van der Waals surface area (Å²) in [6.45, 7) is 4.10. The SMILES string of the molecule is O=C(c1cncc(Br)c1)N1CCN(Cc2ccc(Cl)cc2)CC1. The van der Waals surface area contributed by atoms with Gasteiger partial charge in [-0.15, -0.1) is 0 Å². The summed E-state index contributed by atoms with van der Waals surface area (Å²) in [5.41, 5.74) is 1.87. The number of pyridine rings is 1. The Kier molecular flexibility index (Phi) is 5.30. The lowest BCUT2D eigenvalue weighted by Crippen LogP contribution is -2.48. The molecule has 2 aromatic rings. The van der Waals surface area contributed by atoms with Gasteiger partial charge in [-0.3, -0.25) is 14.7 Å². The van der Waals surface area contributed by atoms with Gasteiger partial charge in [0, 0.05) is 54.6 Å². The fourth-order valence-corrected chi connectivity index (χ4v) is 3.16. The third-order valence-electron chi connectivity index (χ3n) is 3.93. The monoisotopic (exact) mass is 393 g/mol. The van der Waals surface area contributed by atoms with Gasteiger partial charge in [0.25, 0.3) is 5.91 Å². The van der Waals surface area contributed by atoms with E-state index in [9.17, 15) is 4.79 Å². The molecule has 3 rings (SSSR count). The van der Waals surface area contributed by atoms with E-state index in [1.165, 1.54) is 5.56 Å². The molecule has 23 heavy (non-hydrogen) atoms. The summed E-state index contributed by atoms with van der Waals surface area (Å²) in [6, 6.07) is 9.74. The lowest BCUT2D eigenvalue weighted by atomic mass is 10.2. The summed E-state index contributed by atoms with van der Waals surface area (Å²) in [5.74, 6) is 0.0462. The second kappa shape index (κ2) is 7.43. The van der Waals surface area contributed by atoms with Gasteiger partial charge in [-0.1, -0.05) is 23.7 Å². The van der Waals surface area contributed by atoms with E-state index in [0.717, 1.165) is 42.2 Å². The molecule has 120 valence electrons. The molecule has 1 fully saturated rings. The second-order valence-electron chi connectivity index (χ2n) is 5.59. The number of carbonyl (C=O) groups is 1. The molecule has 1 aliphatic rings. The Morgan fingerprint density at radius 3 is 2.48 bits per heavy atom. The molecule has 4 nitrogen and oxygen atoms in total. The van der Waals surface area contributed by atoms with Crippen molar-refractivity contribution in [1.29, 1.82) is 0 Å². The van der Waals surface area contributed by atoms with Crippen LogP contribution in [-0.4, -0.2) is 46.9 Å². The van der Waals surface area contributed by atoms with E-state index in [-0.39, 0.29) is 5.91 Å². The number of amides is 1. The van der Waals surface area contributed by atoms with Crippen molar-refractivity contribution >= 4 is 33.4 Å². The van der Waals surface area contributed by atoms with Gasteiger partial charge in [0.1, 0.15) is 0 Å². The Bertz CT molecular complexity index is 684. The lowest BCUT2D eigenvalue weighted by Gasteiger charge is -2.34. The first kappa shape index (κ1) is 16.4. The molecule has 0 aliphatic carbocycles. The quantitative estimate of drug-likeness (QED) is 0.800. The van der Waals surface area contributed by atoms with Crippen molar-refractivity contribution in [2.24, 2.45) is 0 Å². The number of carbonyl (C=O) groups excluding carboxylic acids is 1. The maximum atomic E-state index is 12.5. The number of halogens is 2. The minimum Gasteiger partial charge on any atom is -0.336 e. The van der Waals surface area contributed by atoms with Crippen LogP contribution in [-0.2, 0) is 6.54 Å². The average Bonchev–Trinajstić information content (AvgIpc) is 2.57. The molecule has 1 aromatic heterocycles. The van der Waals surface area contributed by atoms with Crippen LogP contribution >= 0.6 is 27.5 Å². The van der Waals surface area contributed by atoms with Gasteiger partial charge < -0.3 is 4.90 Å². The zero-order chi connectivity index (χ0) is 16.2. The van der Waals surface area contributed by atoms with E-state index < -0.39 is 0 Å². The first-order chi connectivity index (χ1) is 11.1. The Labute approximate surface area is 149 Å². The van der Waals surface area contributed by atoms with E-state index in [0.29, 0.717) is 5.56 Å². The van der Waals surface area contributed by atoms with Crippen LogP contribution in [0.5, 0.6) is 0 Å². The Hall–Kier alpha value is -1.43. The topological polar surface area (TPSA) is 36.4 Å². The normalized spacial score (nSPS) is 15.7. The van der Waals surface area contributed by atoms with Crippen LogP contribution in [0, 0.1) is 0 Å². The van der Waals surface area contributed by atoms with E-state index >= 15 is 0 Å². The fraction of sp³-hybridized carbons (Fsp3) is 0.294. The summed E-state index contributed by atoms with van der Waals surface area (Å²) in [5, 5.41) is 0.756. The van der Waals surface area contributed by atoms with Gasteiger partial charge in [0.2, 0.25) is 0 Å². The smallest absolute Gasteiger partial charge is 0.255 e. The number of benzene rings is 1. The van der Waals surface area contributed by atoms with E-state index in [2.05, 4.69) is 25.8 Å². The summed E-state index contributed by atoms with van der Waals surface area (Å²) < 4.78 is 0.824. The van der Waals surface area contributed by atoms with E-state index in [4.69, 9.17) is 11.6 Å². The van der Waals surface area contributed by atoms with Crippen molar-refractivity contribution < 1.29 is 4.79 Å². The molecule has 0 unspecified atom stereocenters. The summed E-state index contributed by atoms with van der Waals surface area (Å²) in [6.07, 6.45) is 3.30. The summed E-state index contributed by atoms with van der Waals surface area (Å²) in [4.78, 5) is 20.8. The van der Waals surface area contributed by atoms with Gasteiger partial charge in [-0.25, -0.2) is 0 Å². The van der Waals surface area contributed by atoms with Gasteiger partial charge >= 0.3 is 0 Å². The minimum atomic E-state index is 0.0462. The van der Waals surface area contributed by atoms with E-state index in [1.54, 1.807) is 12.4 Å². The number of hydrogen-bond donors (Lipinski definition) is 0. The Morgan fingerprint density at radius 1 is 1.13 bits per heavy atom. The molecule has 2 heterocycles. The molecule has 0 N–H and O–H groups in total. The van der Waals surface area contributed by atoms with Crippen molar-refractivity contribution in [2.45, 2.75) is 6.54 Å². The summed E-state index contributed by atoms with van der Waals surface area (Å²) >= 11 is 9.27. The molecule has 0 radical (unpaired) electrons. The highest BCUT2D eigenvalue weighted by Crippen LogP contribution is 2.15. The molecule has 1 aromatic carbocycles. The van der Waals surface area contributed by atoms with Crippen molar-refractivity contribution in [1.82, 2.24) is 14.8 Å². The molecule has 1 amide bonds. The minimum absolute atomic E-state index is 0.0462. The number of nitrogens with zero attached hydrogens (tertiary/aromatic N) is 3. The van der Waals surface area contributed by atoms with Crippen LogP contribution in [0.1, 0.15) is 15.9 Å². The predicted molar refractivity (Wildman–Crippen MR) is 94.6 cm³/mol. The van der Waals surface area contributed by atoms with Crippen molar-refractivity contribution in [3.8, 4) is 0 Å². The maximum absolute atomic E-state index is 12.5. The summed E-state index contributed by atoms with van der Waals surface area (Å²) in [7, 11) is 0. The van der Waals surface area contributed by atoms with Gasteiger partial charge in [0.15, 0.2) is 0 Å². The third kappa shape index (κ3) is 4.31. The predicted octanol–water partition coefficient (Wildman–Crippen LogP) is 3.46. The Morgan fingerprint density at radius 2 is 1.83 bits per heavy atom. The molecule has 0 saturated carbocycles. The highest BCUT2D eigenvalue weighted by molar-refractivity contribution is 9.10. The van der Waals surface area contributed by atoms with Crippen molar-refractivity contribution in [2.75, 3.05) is 26.2 Å². The molecular formula is C17H17BrClN3O. The van der Waals surface area contributed by atoms with Crippen LogP contribution in [0.15, 0.2) is 47.2 Å². The molecule has 1 saturated heterocycles. The largest absolute Gasteiger partial charge is 0.336 e. The molecule has 1 aliphatic heterocycles. The number of hydrogen-bond acceptors (Lipinski definition) is 3. The van der Waals surface area contributed by atoms with Gasteiger partial charge in [-0.05, 0) is 39.7 Å². The van der Waals surface area contributed by atoms with Crippen LogP contribution in [0.2, 0.25) is 5.02 Å². The first-order valence-corrected chi connectivity index (χ1v) is 8.65. The number of piperazine rings is 1. The maximum Gasteiger partial charge on any atom is 0.255 e. The number of aromatic nitrogens is 1. The fourth-order valence-electron chi connectivity index (χ4n) is 2.67. The van der Waals surface area contributed by atoms with Crippen molar-refractivity contribution in [3.05, 3.63) is 63.3 Å². The second-order valence-corrected chi connectivity index (χ2v) is 6.94. The molecule has 6 heteroatoms. The molecule has 0 atom stereocenters.